The summed E-state index contributed by atoms with van der Waals surface area (Å²) in [6, 6.07) is 0. The maximum Gasteiger partial charge on any atom is 0.341 e. The first-order chi connectivity index (χ1) is 12.8. The number of nitrogens with one attached hydrogen (secondary N) is 1. The molecule has 1 heterocycles. The summed E-state index contributed by atoms with van der Waals surface area (Å²) in [4.78, 5) is 49.8. The number of carbonyl (C=O) groups excluding carboxylic acids is 3. The molecule has 1 rings (SSSR count). The Morgan fingerprint density at radius 1 is 1.11 bits per heavy atom. The van der Waals surface area contributed by atoms with Crippen molar-refractivity contribution in [1.82, 2.24) is 4.90 Å². The summed E-state index contributed by atoms with van der Waals surface area (Å²) in [5, 5.41) is 11.5. The van der Waals surface area contributed by atoms with Crippen molar-refractivity contribution in [1.29, 1.82) is 0 Å². The lowest BCUT2D eigenvalue weighted by molar-refractivity contribution is -0.137. The third-order valence-electron chi connectivity index (χ3n) is 3.92. The molecule has 0 aliphatic rings. The Kier molecular flexibility index (Phi) is 8.93. The van der Waals surface area contributed by atoms with Gasteiger partial charge in [-0.3, -0.25) is 14.4 Å². The number of hydrogen-bond donors (Lipinski definition) is 2. The van der Waals surface area contributed by atoms with Crippen molar-refractivity contribution >= 4 is 40.1 Å². The molecule has 2 N–H and O–H groups in total. The summed E-state index contributed by atoms with van der Waals surface area (Å²) in [6.45, 7) is 8.27. The van der Waals surface area contributed by atoms with Crippen LogP contribution in [0.25, 0.3) is 0 Å². The van der Waals surface area contributed by atoms with Crippen LogP contribution >= 0.6 is 11.3 Å². The van der Waals surface area contributed by atoms with Gasteiger partial charge in [0.15, 0.2) is 0 Å². The van der Waals surface area contributed by atoms with Gasteiger partial charge < -0.3 is 20.1 Å². The molecule has 0 aliphatic heterocycles. The molecule has 0 radical (unpaired) electrons. The molecule has 0 spiro atoms. The molecule has 0 atom stereocenters. The number of anilines is 1. The van der Waals surface area contributed by atoms with Gasteiger partial charge in [0, 0.05) is 25.9 Å². The second kappa shape index (κ2) is 10.7. The van der Waals surface area contributed by atoms with Crippen molar-refractivity contribution in [3.8, 4) is 0 Å². The van der Waals surface area contributed by atoms with E-state index < -0.39 is 17.8 Å². The molecule has 0 unspecified atom stereocenters. The molecular formula is C18H26N2O6S. The summed E-state index contributed by atoms with van der Waals surface area (Å²) in [5.41, 5.74) is 0.639. The van der Waals surface area contributed by atoms with Crippen molar-refractivity contribution in [2.75, 3.05) is 25.0 Å². The number of rotatable bonds is 10. The highest BCUT2D eigenvalue weighted by molar-refractivity contribution is 7.18. The largest absolute Gasteiger partial charge is 0.481 e. The summed E-state index contributed by atoms with van der Waals surface area (Å²) < 4.78 is 5.06. The number of amides is 2. The average molecular weight is 398 g/mol. The van der Waals surface area contributed by atoms with Crippen LogP contribution in [0.15, 0.2) is 0 Å². The molecule has 150 valence electrons. The second-order valence-corrected chi connectivity index (χ2v) is 6.77. The van der Waals surface area contributed by atoms with Gasteiger partial charge in [-0.15, -0.1) is 11.3 Å². The van der Waals surface area contributed by atoms with Crippen LogP contribution in [0.1, 0.15) is 65.6 Å². The molecule has 0 fully saturated rings. The predicted octanol–water partition coefficient (Wildman–Crippen LogP) is 2.91. The number of ether oxygens (including phenoxy) is 1. The molecule has 0 aromatic carbocycles. The van der Waals surface area contributed by atoms with Crippen LogP contribution in [-0.2, 0) is 14.3 Å². The zero-order valence-corrected chi connectivity index (χ0v) is 16.9. The van der Waals surface area contributed by atoms with Gasteiger partial charge in [0.2, 0.25) is 5.91 Å². The van der Waals surface area contributed by atoms with E-state index in [0.29, 0.717) is 23.5 Å². The Morgan fingerprint density at radius 3 is 2.26 bits per heavy atom. The number of carbonyl (C=O) groups is 4. The molecule has 1 aromatic rings. The standard InChI is InChI=1S/C18H26N2O6S/c1-5-20(6-2)17(24)15-11(4)14(18(25)26-7-3)16(27-15)19-12(21)9-8-10-13(22)23/h5-10H2,1-4H3,(H,19,21)(H,22,23). The van der Waals surface area contributed by atoms with Crippen molar-refractivity contribution < 1.29 is 29.0 Å². The number of carboxylic acid groups (broad SMARTS) is 1. The van der Waals surface area contributed by atoms with Crippen LogP contribution < -0.4 is 5.32 Å². The first-order valence-electron chi connectivity index (χ1n) is 8.88. The molecule has 0 bridgehead atoms. The molecule has 0 saturated carbocycles. The monoisotopic (exact) mass is 398 g/mol. The normalized spacial score (nSPS) is 10.4. The van der Waals surface area contributed by atoms with E-state index in [1.165, 1.54) is 0 Å². The minimum atomic E-state index is -0.978. The molecule has 2 amide bonds. The summed E-state index contributed by atoms with van der Waals surface area (Å²) in [6.07, 6.45) is 0.0731. The average Bonchev–Trinajstić information content (AvgIpc) is 2.91. The predicted molar refractivity (Wildman–Crippen MR) is 102 cm³/mol. The van der Waals surface area contributed by atoms with E-state index in [9.17, 15) is 19.2 Å². The quantitative estimate of drug-likeness (QED) is 0.586. The second-order valence-electron chi connectivity index (χ2n) is 5.75. The molecular weight excluding hydrogens is 372 g/mol. The first kappa shape index (κ1) is 22.6. The van der Waals surface area contributed by atoms with Gasteiger partial charge >= 0.3 is 11.9 Å². The highest BCUT2D eigenvalue weighted by atomic mass is 32.1. The highest BCUT2D eigenvalue weighted by Gasteiger charge is 2.28. The molecule has 1 aromatic heterocycles. The highest BCUT2D eigenvalue weighted by Crippen LogP contribution is 2.34. The fourth-order valence-electron chi connectivity index (χ4n) is 2.50. The van der Waals surface area contributed by atoms with Gasteiger partial charge in [0.25, 0.3) is 5.91 Å². The minimum Gasteiger partial charge on any atom is -0.481 e. The number of aliphatic carboxylic acids is 1. The topological polar surface area (TPSA) is 113 Å². The van der Waals surface area contributed by atoms with Gasteiger partial charge in [-0.2, -0.15) is 0 Å². The lowest BCUT2D eigenvalue weighted by Gasteiger charge is -2.18. The van der Waals surface area contributed by atoms with E-state index in [4.69, 9.17) is 9.84 Å². The van der Waals surface area contributed by atoms with Gasteiger partial charge in [0.05, 0.1) is 17.0 Å². The summed E-state index contributed by atoms with van der Waals surface area (Å²) in [5.74, 6) is -2.20. The van der Waals surface area contributed by atoms with Crippen LogP contribution in [-0.4, -0.2) is 53.5 Å². The summed E-state index contributed by atoms with van der Waals surface area (Å²) in [7, 11) is 0. The van der Waals surface area contributed by atoms with Gasteiger partial charge in [-0.05, 0) is 39.7 Å². The zero-order valence-electron chi connectivity index (χ0n) is 16.1. The van der Waals surface area contributed by atoms with Crippen molar-refractivity contribution in [2.45, 2.75) is 47.0 Å². The maximum atomic E-state index is 12.7. The van der Waals surface area contributed by atoms with Crippen LogP contribution in [0.5, 0.6) is 0 Å². The Balaban J connectivity index is 3.15. The number of thiophene rings is 1. The fraction of sp³-hybridized carbons (Fsp3) is 0.556. The van der Waals surface area contributed by atoms with Crippen LogP contribution in [0.3, 0.4) is 0 Å². The molecule has 27 heavy (non-hydrogen) atoms. The maximum absolute atomic E-state index is 12.7. The van der Waals surface area contributed by atoms with Crippen molar-refractivity contribution in [3.63, 3.8) is 0 Å². The molecule has 0 aliphatic carbocycles. The number of esters is 1. The molecule has 8 nitrogen and oxygen atoms in total. The van der Waals surface area contributed by atoms with Crippen LogP contribution in [0.2, 0.25) is 0 Å². The van der Waals surface area contributed by atoms with Gasteiger partial charge in [-0.1, -0.05) is 0 Å². The van der Waals surface area contributed by atoms with Crippen molar-refractivity contribution in [3.05, 3.63) is 16.0 Å². The van der Waals surface area contributed by atoms with E-state index in [-0.39, 0.29) is 42.3 Å². The van der Waals surface area contributed by atoms with E-state index in [0.717, 1.165) is 11.3 Å². The SMILES string of the molecule is CCOC(=O)c1c(NC(=O)CCCC(=O)O)sc(C(=O)N(CC)CC)c1C. The molecule has 0 saturated heterocycles. The molecule has 9 heteroatoms. The van der Waals surface area contributed by atoms with E-state index >= 15 is 0 Å². The number of nitrogens with zero attached hydrogens (tertiary/aromatic N) is 1. The number of hydrogen-bond acceptors (Lipinski definition) is 6. The lowest BCUT2D eigenvalue weighted by Crippen LogP contribution is -2.30. The smallest absolute Gasteiger partial charge is 0.341 e. The van der Waals surface area contributed by atoms with E-state index in [1.807, 2.05) is 13.8 Å². The van der Waals surface area contributed by atoms with Gasteiger partial charge in [0.1, 0.15) is 5.00 Å². The zero-order chi connectivity index (χ0) is 20.6. The Bertz CT molecular complexity index is 709. The minimum absolute atomic E-state index is 0.00480. The third-order valence-corrected chi connectivity index (χ3v) is 5.11. The number of carboxylic acids is 1. The Labute approximate surface area is 162 Å². The van der Waals surface area contributed by atoms with Crippen LogP contribution in [0, 0.1) is 6.92 Å². The van der Waals surface area contributed by atoms with Crippen molar-refractivity contribution in [2.24, 2.45) is 0 Å². The van der Waals surface area contributed by atoms with E-state index in [2.05, 4.69) is 5.32 Å². The lowest BCUT2D eigenvalue weighted by atomic mass is 10.1. The first-order valence-corrected chi connectivity index (χ1v) is 9.69. The third kappa shape index (κ3) is 6.06. The Morgan fingerprint density at radius 2 is 1.74 bits per heavy atom. The van der Waals surface area contributed by atoms with Crippen LogP contribution in [0.4, 0.5) is 5.00 Å². The van der Waals surface area contributed by atoms with Gasteiger partial charge in [-0.25, -0.2) is 4.79 Å². The summed E-state index contributed by atoms with van der Waals surface area (Å²) >= 11 is 1.04. The Hall–Kier alpha value is -2.42. The fourth-order valence-corrected chi connectivity index (χ4v) is 3.68. The van der Waals surface area contributed by atoms with E-state index in [1.54, 1.807) is 18.7 Å².